The van der Waals surface area contributed by atoms with Gasteiger partial charge < -0.3 is 78.6 Å². The minimum absolute atomic E-state index is 0. The second kappa shape index (κ2) is 13.2. The number of aromatic nitrogens is 4. The maximum absolute atomic E-state index is 10.8. The van der Waals surface area contributed by atoms with Crippen LogP contribution in [0.4, 0.5) is 0 Å². The van der Waals surface area contributed by atoms with Crippen molar-refractivity contribution in [2.24, 2.45) is 0 Å². The first-order valence-electron chi connectivity index (χ1n) is 7.80. The van der Waals surface area contributed by atoms with E-state index in [0.29, 0.717) is 0 Å². The van der Waals surface area contributed by atoms with E-state index < -0.39 is 53.6 Å². The van der Waals surface area contributed by atoms with Crippen LogP contribution in [0.5, 0.6) is 0 Å². The smallest absolute Gasteiger partial charge is 0.776 e. The summed E-state index contributed by atoms with van der Waals surface area (Å²) in [6, 6.07) is 0. The van der Waals surface area contributed by atoms with E-state index in [9.17, 15) is 48.0 Å². The van der Waals surface area contributed by atoms with Gasteiger partial charge in [-0.05, 0) is 0 Å². The summed E-state index contributed by atoms with van der Waals surface area (Å²) in [4.78, 5) is 82.8. The topological polar surface area (TPSA) is 387 Å². The molecule has 35 heavy (non-hydrogen) atoms. The fraction of sp³-hybridized carbons (Fsp3) is 0.400. The van der Waals surface area contributed by atoms with Gasteiger partial charge in [0.2, 0.25) is 22.8 Å². The Bertz CT molecular complexity index is 942. The SMILES string of the molecule is O=P([O-])(O)C(O)(C[n+]1cc[nH]c1)P(=O)([O-])O.O=P([O-])(O)C(O)(C[n+]1cc[nH]c1)P(=O)([O-])O.[Co+2].[OH3+].[OH3+]. The third-order valence-corrected chi connectivity index (χ3v) is 11.0. The quantitative estimate of drug-likeness (QED) is 0.0756. The van der Waals surface area contributed by atoms with Gasteiger partial charge in [-0.25, -0.2) is 9.13 Å². The molecule has 0 saturated heterocycles. The Morgan fingerprint density at radius 2 is 0.886 bits per heavy atom. The largest absolute Gasteiger partial charge is 2.00 e. The van der Waals surface area contributed by atoms with Gasteiger partial charge in [-0.1, -0.05) is 0 Å². The van der Waals surface area contributed by atoms with Crippen LogP contribution in [0.3, 0.4) is 0 Å². The van der Waals surface area contributed by atoms with E-state index in [4.69, 9.17) is 19.6 Å². The second-order valence-corrected chi connectivity index (χ2v) is 14.0. The molecule has 0 aromatic carbocycles. The Morgan fingerprint density at radius 3 is 1.03 bits per heavy atom. The van der Waals surface area contributed by atoms with E-state index in [-0.39, 0.29) is 27.7 Å². The normalized spacial score (nSPS) is 21.1. The van der Waals surface area contributed by atoms with Crippen LogP contribution in [0.2, 0.25) is 0 Å². The molecule has 2 rings (SSSR count). The number of H-pyrrole nitrogens is 2. The molecule has 1 radical (unpaired) electrons. The van der Waals surface area contributed by atoms with E-state index in [1.165, 1.54) is 24.8 Å². The summed E-state index contributed by atoms with van der Waals surface area (Å²) in [5.41, 5.74) is 0. The van der Waals surface area contributed by atoms with Crippen molar-refractivity contribution in [3.8, 4) is 0 Å². The van der Waals surface area contributed by atoms with Crippen LogP contribution in [0.1, 0.15) is 0 Å². The van der Waals surface area contributed by atoms with Crippen LogP contribution in [-0.4, -0.2) is 49.9 Å². The van der Waals surface area contributed by atoms with Gasteiger partial charge in [0.15, 0.2) is 30.4 Å². The van der Waals surface area contributed by atoms with Crippen molar-refractivity contribution in [1.29, 1.82) is 0 Å². The number of nitrogens with one attached hydrogen (secondary N) is 2. The van der Waals surface area contributed by atoms with Gasteiger partial charge in [0.25, 0.3) is 0 Å². The molecule has 0 aliphatic carbocycles. The van der Waals surface area contributed by atoms with Gasteiger partial charge >= 0.3 is 16.8 Å². The van der Waals surface area contributed by atoms with Gasteiger partial charge in [-0.15, -0.1) is 0 Å². The molecule has 0 amide bonds. The predicted molar refractivity (Wildman–Crippen MR) is 101 cm³/mol. The zero-order valence-electron chi connectivity index (χ0n) is 17.0. The zero-order chi connectivity index (χ0) is 25.2. The van der Waals surface area contributed by atoms with Crippen molar-refractivity contribution >= 4 is 30.4 Å². The third kappa shape index (κ3) is 9.31. The molecule has 4 unspecified atom stereocenters. The van der Waals surface area contributed by atoms with Gasteiger partial charge in [0, 0.05) is 0 Å². The summed E-state index contributed by atoms with van der Waals surface area (Å²) in [5, 5.41) is 11.4. The van der Waals surface area contributed by atoms with Gasteiger partial charge in [-0.2, -0.15) is 0 Å². The summed E-state index contributed by atoms with van der Waals surface area (Å²) >= 11 is 0. The Morgan fingerprint density at radius 1 is 0.657 bits per heavy atom. The number of aromatic amines is 2. The van der Waals surface area contributed by atoms with E-state index in [0.717, 1.165) is 21.8 Å². The summed E-state index contributed by atoms with van der Waals surface area (Å²) in [7, 11) is -22.8. The van der Waals surface area contributed by atoms with Gasteiger partial charge in [-0.3, -0.25) is 9.97 Å². The first kappa shape index (κ1) is 38.9. The van der Waals surface area contributed by atoms with Crippen molar-refractivity contribution in [1.82, 2.24) is 9.97 Å². The number of hydrogen-bond donors (Lipinski definition) is 8. The van der Waals surface area contributed by atoms with Crippen molar-refractivity contribution < 1.29 is 104 Å². The molecule has 0 fully saturated rings. The molecule has 2 heterocycles. The molecule has 2 aromatic heterocycles. The minimum Gasteiger partial charge on any atom is -0.776 e. The number of imidazole rings is 2. The van der Waals surface area contributed by atoms with E-state index >= 15 is 0 Å². The summed E-state index contributed by atoms with van der Waals surface area (Å²) in [6.07, 6.45) is 7.32. The van der Waals surface area contributed by atoms with Gasteiger partial charge in [0.1, 0.15) is 37.9 Å². The number of hydrogen-bond acceptors (Lipinski definition) is 10. The Balaban J connectivity index is -0.000000539. The molecule has 0 aliphatic rings. The van der Waals surface area contributed by atoms with Crippen LogP contribution in [0.25, 0.3) is 0 Å². The maximum Gasteiger partial charge on any atom is 2.00 e. The van der Waals surface area contributed by atoms with Crippen LogP contribution in [-0.2, 0) is 59.1 Å². The first-order chi connectivity index (χ1) is 14.2. The molecule has 0 spiro atoms. The van der Waals surface area contributed by atoms with E-state index in [1.807, 2.05) is 0 Å². The minimum atomic E-state index is -5.71. The summed E-state index contributed by atoms with van der Waals surface area (Å²) in [5.74, 6) is 0. The third-order valence-electron chi connectivity index (χ3n) is 3.80. The Kier molecular flexibility index (Phi) is 14.7. The number of rotatable bonds is 8. The summed E-state index contributed by atoms with van der Waals surface area (Å²) < 4.78 is 45.1. The first-order valence-corrected chi connectivity index (χ1v) is 14.1. The molecule has 2 aromatic rings. The van der Waals surface area contributed by atoms with Gasteiger partial charge in [0.05, 0.1) is 0 Å². The second-order valence-electron chi connectivity index (χ2n) is 6.20. The van der Waals surface area contributed by atoms with Crippen LogP contribution in [0.15, 0.2) is 37.4 Å². The molecule has 14 N–H and O–H groups in total. The fourth-order valence-corrected chi connectivity index (χ4v) is 5.93. The predicted octanol–water partition coefficient (Wildman–Crippen LogP) is -7.77. The van der Waals surface area contributed by atoms with Crippen LogP contribution < -0.4 is 28.7 Å². The Labute approximate surface area is 205 Å². The average molecular weight is 639 g/mol. The molecule has 0 saturated carbocycles. The molecular weight excluding hydrogens is 615 g/mol. The van der Waals surface area contributed by atoms with E-state index in [1.54, 1.807) is 0 Å². The number of nitrogens with zero attached hydrogens (tertiary/aromatic N) is 2. The maximum atomic E-state index is 10.8. The monoisotopic (exact) mass is 639 g/mol. The summed E-state index contributed by atoms with van der Waals surface area (Å²) in [6.45, 7) is -2.10. The Hall–Kier alpha value is -0.634. The van der Waals surface area contributed by atoms with Crippen molar-refractivity contribution in [2.75, 3.05) is 0 Å². The molecule has 0 aliphatic heterocycles. The van der Waals surface area contributed by atoms with E-state index in [2.05, 4.69) is 9.97 Å². The van der Waals surface area contributed by atoms with Crippen molar-refractivity contribution in [3.05, 3.63) is 37.4 Å². The zero-order valence-corrected chi connectivity index (χ0v) is 21.6. The number of aliphatic hydroxyl groups is 2. The van der Waals surface area contributed by atoms with Crippen molar-refractivity contribution in [3.63, 3.8) is 0 Å². The molecule has 0 bridgehead atoms. The molecule has 4 atom stereocenters. The molecule has 20 nitrogen and oxygen atoms in total. The van der Waals surface area contributed by atoms with Crippen molar-refractivity contribution in [2.45, 2.75) is 23.3 Å². The molecule has 25 heteroatoms. The van der Waals surface area contributed by atoms with Crippen LogP contribution >= 0.6 is 30.4 Å². The fourth-order valence-electron chi connectivity index (χ4n) is 2.00. The molecular formula is C10H24CoN4O16P4+2. The standard InChI is InChI=1S/2C5H10N2O7P2.Co.2H2O/c2*8-5(15(9,10)11,16(12,13)14)3-7-2-1-6-4-7;;;/h2*1-2,4,8H,3H2,(H4,9,10,11,12,13,14);;2*1H2/q;;+2;;. The average Bonchev–Trinajstić information content (AvgIpc) is 3.25. The molecule has 207 valence electrons. The van der Waals surface area contributed by atoms with Crippen LogP contribution in [0, 0.1) is 0 Å².